The maximum Gasteiger partial charge on any atom is 0.340 e. The lowest BCUT2D eigenvalue weighted by Gasteiger charge is -2.04. The van der Waals surface area contributed by atoms with Crippen molar-refractivity contribution in [2.75, 3.05) is 6.61 Å². The minimum Gasteiger partial charge on any atom is -0.462 e. The third kappa shape index (κ3) is 2.61. The van der Waals surface area contributed by atoms with Gasteiger partial charge in [-0.15, -0.1) is 0 Å². The second-order valence-corrected chi connectivity index (χ2v) is 3.93. The molecule has 0 atom stereocenters. The summed E-state index contributed by atoms with van der Waals surface area (Å²) in [6.07, 6.45) is 3.29. The van der Waals surface area contributed by atoms with Gasteiger partial charge in [0.05, 0.1) is 17.1 Å². The van der Waals surface area contributed by atoms with Gasteiger partial charge in [0, 0.05) is 0 Å². The molecule has 1 aliphatic rings. The lowest BCUT2D eigenvalue weighted by atomic mass is 10.3. The predicted octanol–water partition coefficient (Wildman–Crippen LogP) is 2.07. The lowest BCUT2D eigenvalue weighted by molar-refractivity contribution is -0.137. The Morgan fingerprint density at radius 3 is 2.62 bits per heavy atom. The van der Waals surface area contributed by atoms with Crippen molar-refractivity contribution in [3.05, 3.63) is 22.6 Å². The van der Waals surface area contributed by atoms with Crippen LogP contribution >= 0.6 is 11.8 Å². The number of hydrogen-bond acceptors (Lipinski definition) is 4. The van der Waals surface area contributed by atoms with Crippen molar-refractivity contribution in [3.8, 4) is 0 Å². The summed E-state index contributed by atoms with van der Waals surface area (Å²) in [6, 6.07) is 0. The van der Waals surface area contributed by atoms with Gasteiger partial charge in [-0.05, 0) is 20.8 Å². The van der Waals surface area contributed by atoms with Gasteiger partial charge in [0.1, 0.15) is 5.04 Å². The zero-order valence-electron chi connectivity index (χ0n) is 9.44. The molecule has 0 radical (unpaired) electrons. The van der Waals surface area contributed by atoms with Gasteiger partial charge in [-0.25, -0.2) is 9.79 Å². The molecule has 86 valence electrons. The first-order valence-corrected chi connectivity index (χ1v) is 5.76. The van der Waals surface area contributed by atoms with Gasteiger partial charge < -0.3 is 4.74 Å². The van der Waals surface area contributed by atoms with Crippen molar-refractivity contribution in [2.24, 2.45) is 4.99 Å². The van der Waals surface area contributed by atoms with Gasteiger partial charge in [0.15, 0.2) is 0 Å². The average Bonchev–Trinajstić information content (AvgIpc) is 2.61. The molecular formula is C11H13NO3S. The summed E-state index contributed by atoms with van der Waals surface area (Å²) in [5, 5.41) is 0.416. The Morgan fingerprint density at radius 1 is 1.50 bits per heavy atom. The first kappa shape index (κ1) is 12.7. The molecule has 1 heterocycles. The smallest absolute Gasteiger partial charge is 0.340 e. The van der Waals surface area contributed by atoms with Crippen LogP contribution in [0.4, 0.5) is 0 Å². The van der Waals surface area contributed by atoms with E-state index in [9.17, 15) is 9.59 Å². The summed E-state index contributed by atoms with van der Waals surface area (Å²) in [5.41, 5.74) is 0.344. The van der Waals surface area contributed by atoms with Crippen molar-refractivity contribution in [1.82, 2.24) is 0 Å². The van der Waals surface area contributed by atoms with E-state index in [0.29, 0.717) is 22.1 Å². The summed E-state index contributed by atoms with van der Waals surface area (Å²) < 4.78 is 4.88. The van der Waals surface area contributed by atoms with Crippen LogP contribution in [0.5, 0.6) is 0 Å². The summed E-state index contributed by atoms with van der Waals surface area (Å²) in [4.78, 5) is 27.3. The van der Waals surface area contributed by atoms with Gasteiger partial charge in [0.2, 0.25) is 0 Å². The maximum atomic E-state index is 11.5. The van der Waals surface area contributed by atoms with Crippen LogP contribution in [0.1, 0.15) is 20.8 Å². The Bertz CT molecular complexity index is 407. The van der Waals surface area contributed by atoms with Gasteiger partial charge in [-0.3, -0.25) is 4.79 Å². The van der Waals surface area contributed by atoms with Crippen molar-refractivity contribution in [1.29, 1.82) is 0 Å². The first-order chi connectivity index (χ1) is 7.63. The molecule has 0 saturated heterocycles. The number of carbonyl (C=O) groups is 2. The van der Waals surface area contributed by atoms with E-state index < -0.39 is 5.97 Å². The molecule has 16 heavy (non-hydrogen) atoms. The number of nitrogens with zero attached hydrogens (tertiary/aromatic N) is 1. The highest BCUT2D eigenvalue weighted by atomic mass is 32.2. The Balaban J connectivity index is 2.90. The number of carbonyl (C=O) groups excluding carboxylic acids is 2. The Morgan fingerprint density at radius 2 is 2.19 bits per heavy atom. The summed E-state index contributed by atoms with van der Waals surface area (Å²) in [6.45, 7) is 5.52. The number of aliphatic imine (C=N–C) groups is 1. The SMILES string of the molecule is CC=C1SC(C(=CC)C(=O)OCC)=NC1=O. The average molecular weight is 239 g/mol. The minimum atomic E-state index is -0.443. The molecule has 0 fully saturated rings. The molecule has 0 spiro atoms. The molecule has 0 aromatic carbocycles. The molecule has 1 amide bonds. The fourth-order valence-corrected chi connectivity index (χ4v) is 2.05. The number of allylic oxidation sites excluding steroid dienone is 2. The number of ether oxygens (including phenoxy) is 1. The molecule has 0 aromatic rings. The molecule has 5 heteroatoms. The molecule has 0 bridgehead atoms. The quantitative estimate of drug-likeness (QED) is 0.559. The van der Waals surface area contributed by atoms with Crippen LogP contribution in [0.3, 0.4) is 0 Å². The Kier molecular flexibility index (Phi) is 4.49. The van der Waals surface area contributed by atoms with E-state index in [1.54, 1.807) is 32.9 Å². The number of thioether (sulfide) groups is 1. The molecule has 0 N–H and O–H groups in total. The zero-order valence-corrected chi connectivity index (χ0v) is 10.3. The van der Waals surface area contributed by atoms with Crippen LogP contribution in [-0.4, -0.2) is 23.5 Å². The largest absolute Gasteiger partial charge is 0.462 e. The van der Waals surface area contributed by atoms with E-state index in [-0.39, 0.29) is 5.91 Å². The van der Waals surface area contributed by atoms with Crippen LogP contribution in [0.15, 0.2) is 27.6 Å². The Labute approximate surface area is 98.5 Å². The normalized spacial score (nSPS) is 18.9. The topological polar surface area (TPSA) is 55.7 Å². The summed E-state index contributed by atoms with van der Waals surface area (Å²) in [7, 11) is 0. The summed E-state index contributed by atoms with van der Waals surface area (Å²) >= 11 is 1.20. The van der Waals surface area contributed by atoms with Gasteiger partial charge >= 0.3 is 5.97 Å². The molecule has 0 aromatic heterocycles. The highest BCUT2D eigenvalue weighted by Gasteiger charge is 2.27. The van der Waals surface area contributed by atoms with Crippen LogP contribution in [0, 0.1) is 0 Å². The monoisotopic (exact) mass is 239 g/mol. The van der Waals surface area contributed by atoms with Gasteiger partial charge in [-0.2, -0.15) is 0 Å². The van der Waals surface area contributed by atoms with E-state index in [1.807, 2.05) is 0 Å². The van der Waals surface area contributed by atoms with Crippen molar-refractivity contribution in [3.63, 3.8) is 0 Å². The van der Waals surface area contributed by atoms with Crippen molar-refractivity contribution >= 4 is 28.7 Å². The van der Waals surface area contributed by atoms with E-state index >= 15 is 0 Å². The van der Waals surface area contributed by atoms with Crippen LogP contribution in [0.25, 0.3) is 0 Å². The van der Waals surface area contributed by atoms with Crippen molar-refractivity contribution in [2.45, 2.75) is 20.8 Å². The molecule has 0 unspecified atom stereocenters. The van der Waals surface area contributed by atoms with Crippen molar-refractivity contribution < 1.29 is 14.3 Å². The second kappa shape index (κ2) is 5.65. The molecule has 1 rings (SSSR count). The lowest BCUT2D eigenvalue weighted by Crippen LogP contribution is -2.12. The fraction of sp³-hybridized carbons (Fsp3) is 0.364. The maximum absolute atomic E-state index is 11.5. The first-order valence-electron chi connectivity index (χ1n) is 4.95. The minimum absolute atomic E-state index is 0.300. The number of hydrogen-bond donors (Lipinski definition) is 0. The summed E-state index contributed by atoms with van der Waals surface area (Å²) in [5.74, 6) is -0.743. The number of rotatable bonds is 3. The number of esters is 1. The second-order valence-electron chi connectivity index (χ2n) is 2.90. The highest BCUT2D eigenvalue weighted by Crippen LogP contribution is 2.30. The van der Waals surface area contributed by atoms with E-state index in [0.717, 1.165) is 0 Å². The van der Waals surface area contributed by atoms with E-state index in [4.69, 9.17) is 4.74 Å². The van der Waals surface area contributed by atoms with E-state index in [1.165, 1.54) is 11.8 Å². The van der Waals surface area contributed by atoms with Crippen LogP contribution < -0.4 is 0 Å². The molecule has 1 aliphatic heterocycles. The zero-order chi connectivity index (χ0) is 12.1. The molecular weight excluding hydrogens is 226 g/mol. The molecule has 0 saturated carbocycles. The number of amides is 1. The Hall–Kier alpha value is -1.36. The van der Waals surface area contributed by atoms with Crippen LogP contribution in [0.2, 0.25) is 0 Å². The van der Waals surface area contributed by atoms with Gasteiger partial charge in [-0.1, -0.05) is 23.9 Å². The highest BCUT2D eigenvalue weighted by molar-refractivity contribution is 8.19. The van der Waals surface area contributed by atoms with Gasteiger partial charge in [0.25, 0.3) is 5.91 Å². The molecule has 0 aliphatic carbocycles. The van der Waals surface area contributed by atoms with Crippen LogP contribution in [-0.2, 0) is 14.3 Å². The van der Waals surface area contributed by atoms with E-state index in [2.05, 4.69) is 4.99 Å². The fourth-order valence-electron chi connectivity index (χ4n) is 1.15. The third-order valence-corrected chi connectivity index (χ3v) is 3.03. The predicted molar refractivity (Wildman–Crippen MR) is 64.2 cm³/mol. The third-order valence-electron chi connectivity index (χ3n) is 1.90. The molecule has 4 nitrogen and oxygen atoms in total. The standard InChI is InChI=1S/C11H13NO3S/c1-4-7(11(14)15-6-3)10-12-9(13)8(5-2)16-10/h4-5H,6H2,1-3H3.